The molecule has 1 saturated heterocycles. The fraction of sp³-hybridized carbons (Fsp3) is 0.625. The van der Waals surface area contributed by atoms with Crippen molar-refractivity contribution in [3.63, 3.8) is 0 Å². The molecule has 0 radical (unpaired) electrons. The van der Waals surface area contributed by atoms with Crippen LogP contribution in [-0.2, 0) is 16.0 Å². The number of ether oxygens (including phenoxy) is 2. The van der Waals surface area contributed by atoms with Crippen LogP contribution in [0, 0.1) is 5.92 Å². The molecule has 3 rings (SSSR count). The lowest BCUT2D eigenvalue weighted by Crippen LogP contribution is -2.54. The molecule has 6 nitrogen and oxygen atoms in total. The van der Waals surface area contributed by atoms with Crippen molar-refractivity contribution in [3.05, 3.63) is 30.1 Å². The Kier molecular flexibility index (Phi) is 4.90. The van der Waals surface area contributed by atoms with Crippen molar-refractivity contribution in [2.45, 2.75) is 31.5 Å². The summed E-state index contributed by atoms with van der Waals surface area (Å²) in [6.07, 6.45) is 5.58. The number of carbonyl (C=O) groups is 1. The van der Waals surface area contributed by atoms with Crippen LogP contribution >= 0.6 is 0 Å². The second-order valence-electron chi connectivity index (χ2n) is 5.98. The number of nitrogens with zero attached hydrogens (tertiary/aromatic N) is 2. The van der Waals surface area contributed by atoms with Crippen molar-refractivity contribution in [2.24, 2.45) is 5.92 Å². The molecule has 0 bridgehead atoms. The smallest absolute Gasteiger partial charge is 0.318 e. The van der Waals surface area contributed by atoms with Crippen LogP contribution in [0.3, 0.4) is 0 Å². The molecule has 22 heavy (non-hydrogen) atoms. The summed E-state index contributed by atoms with van der Waals surface area (Å²) < 4.78 is 11.1. The van der Waals surface area contributed by atoms with Crippen molar-refractivity contribution < 1.29 is 14.3 Å². The number of carbonyl (C=O) groups excluding carboxylic acids is 1. The largest absolute Gasteiger partial charge is 0.384 e. The number of aromatic nitrogens is 1. The first-order chi connectivity index (χ1) is 10.8. The predicted octanol–water partition coefficient (Wildman–Crippen LogP) is 1.42. The molecule has 1 aliphatic heterocycles. The molecule has 1 aromatic heterocycles. The van der Waals surface area contributed by atoms with Crippen molar-refractivity contribution >= 4 is 6.03 Å². The molecule has 2 aliphatic rings. The van der Waals surface area contributed by atoms with Gasteiger partial charge in [0.05, 0.1) is 18.8 Å². The molecule has 0 aromatic carbocycles. The first-order valence-corrected chi connectivity index (χ1v) is 7.82. The number of amides is 2. The molecule has 0 spiro atoms. The second-order valence-corrected chi connectivity index (χ2v) is 5.98. The van der Waals surface area contributed by atoms with Gasteiger partial charge >= 0.3 is 6.03 Å². The molecule has 2 fully saturated rings. The van der Waals surface area contributed by atoms with E-state index in [0.717, 1.165) is 25.0 Å². The van der Waals surface area contributed by atoms with Gasteiger partial charge in [-0.1, -0.05) is 6.07 Å². The maximum Gasteiger partial charge on any atom is 0.318 e. The van der Waals surface area contributed by atoms with E-state index < -0.39 is 0 Å². The van der Waals surface area contributed by atoms with E-state index in [9.17, 15) is 4.79 Å². The van der Waals surface area contributed by atoms with E-state index >= 15 is 0 Å². The van der Waals surface area contributed by atoms with E-state index in [1.165, 1.54) is 0 Å². The highest BCUT2D eigenvalue weighted by molar-refractivity contribution is 5.74. The molecule has 6 heteroatoms. The number of hydrogen-bond donors (Lipinski definition) is 1. The lowest BCUT2D eigenvalue weighted by Gasteiger charge is -2.37. The highest BCUT2D eigenvalue weighted by Gasteiger charge is 2.42. The van der Waals surface area contributed by atoms with Gasteiger partial charge in [0.1, 0.15) is 0 Å². The molecule has 120 valence electrons. The Labute approximate surface area is 130 Å². The Morgan fingerprint density at radius 1 is 1.55 bits per heavy atom. The fourth-order valence-corrected chi connectivity index (χ4v) is 3.46. The SMILES string of the molecule is COC[C@@H]1C[C@@H]2OCCN(C(=O)NCc3cccnc3)[C@@H]2C1. The van der Waals surface area contributed by atoms with Crippen LogP contribution < -0.4 is 5.32 Å². The lowest BCUT2D eigenvalue weighted by molar-refractivity contribution is -0.0388. The third-order valence-corrected chi connectivity index (χ3v) is 4.46. The molecule has 3 atom stereocenters. The van der Waals surface area contributed by atoms with Crippen molar-refractivity contribution in [1.82, 2.24) is 15.2 Å². The number of rotatable bonds is 4. The van der Waals surface area contributed by atoms with Crippen LogP contribution in [0.1, 0.15) is 18.4 Å². The standard InChI is InChI=1S/C16H23N3O3/c1-21-11-13-7-14-15(8-13)22-6-5-19(14)16(20)18-10-12-3-2-4-17-9-12/h2-4,9,13-15H,5-8,10-11H2,1H3,(H,18,20)/t13-,14+,15-/m0/s1. The Bertz CT molecular complexity index is 497. The van der Waals surface area contributed by atoms with Crippen LogP contribution in [-0.4, -0.2) is 54.9 Å². The minimum atomic E-state index is -0.0137. The molecule has 1 aromatic rings. The van der Waals surface area contributed by atoms with Gasteiger partial charge in [-0.25, -0.2) is 4.79 Å². The molecule has 1 N–H and O–H groups in total. The third kappa shape index (κ3) is 3.39. The molecular weight excluding hydrogens is 282 g/mol. The van der Waals surface area contributed by atoms with Gasteiger partial charge in [0.15, 0.2) is 0 Å². The minimum Gasteiger partial charge on any atom is -0.384 e. The summed E-state index contributed by atoms with van der Waals surface area (Å²) in [5.41, 5.74) is 1.00. The second kappa shape index (κ2) is 7.07. The summed E-state index contributed by atoms with van der Waals surface area (Å²) in [5, 5.41) is 2.99. The number of urea groups is 1. The van der Waals surface area contributed by atoms with Crippen molar-refractivity contribution in [1.29, 1.82) is 0 Å². The average molecular weight is 305 g/mol. The zero-order valence-electron chi connectivity index (χ0n) is 12.9. The Morgan fingerprint density at radius 2 is 2.45 bits per heavy atom. The summed E-state index contributed by atoms with van der Waals surface area (Å²) in [5.74, 6) is 0.478. The highest BCUT2D eigenvalue weighted by Crippen LogP contribution is 2.34. The maximum atomic E-state index is 12.5. The fourth-order valence-electron chi connectivity index (χ4n) is 3.46. The Balaban J connectivity index is 1.57. The van der Waals surface area contributed by atoms with Crippen LogP contribution in [0.2, 0.25) is 0 Å². The van der Waals surface area contributed by atoms with E-state index in [2.05, 4.69) is 10.3 Å². The normalized spacial score (nSPS) is 27.5. The number of fused-ring (bicyclic) bond motifs is 1. The van der Waals surface area contributed by atoms with Gasteiger partial charge in [-0.05, 0) is 30.4 Å². The molecular formula is C16H23N3O3. The van der Waals surface area contributed by atoms with Gasteiger partial charge in [0.2, 0.25) is 0 Å². The van der Waals surface area contributed by atoms with E-state index in [1.54, 1.807) is 19.5 Å². The highest BCUT2D eigenvalue weighted by atomic mass is 16.5. The summed E-state index contributed by atoms with van der Waals surface area (Å²) >= 11 is 0. The molecule has 2 heterocycles. The average Bonchev–Trinajstić information content (AvgIpc) is 2.96. The quantitative estimate of drug-likeness (QED) is 0.914. The monoisotopic (exact) mass is 305 g/mol. The van der Waals surface area contributed by atoms with Gasteiger partial charge in [0.25, 0.3) is 0 Å². The van der Waals surface area contributed by atoms with Gasteiger partial charge in [0, 0.05) is 39.2 Å². The van der Waals surface area contributed by atoms with E-state index in [0.29, 0.717) is 25.6 Å². The number of pyridine rings is 1. The Hall–Kier alpha value is -1.66. The third-order valence-electron chi connectivity index (χ3n) is 4.46. The summed E-state index contributed by atoms with van der Waals surface area (Å²) in [4.78, 5) is 18.5. The van der Waals surface area contributed by atoms with E-state index in [1.807, 2.05) is 17.0 Å². The Morgan fingerprint density at radius 3 is 3.23 bits per heavy atom. The maximum absolute atomic E-state index is 12.5. The predicted molar refractivity (Wildman–Crippen MR) is 81.3 cm³/mol. The lowest BCUT2D eigenvalue weighted by atomic mass is 10.1. The topological polar surface area (TPSA) is 63.7 Å². The van der Waals surface area contributed by atoms with E-state index in [4.69, 9.17) is 9.47 Å². The number of hydrogen-bond acceptors (Lipinski definition) is 4. The first-order valence-electron chi connectivity index (χ1n) is 7.82. The summed E-state index contributed by atoms with van der Waals surface area (Å²) in [6.45, 7) is 2.51. The van der Waals surface area contributed by atoms with Gasteiger partial charge in [-0.2, -0.15) is 0 Å². The zero-order chi connectivity index (χ0) is 15.4. The minimum absolute atomic E-state index is 0.0137. The van der Waals surface area contributed by atoms with E-state index in [-0.39, 0.29) is 18.2 Å². The molecule has 1 aliphatic carbocycles. The number of methoxy groups -OCH3 is 1. The molecule has 0 unspecified atom stereocenters. The summed E-state index contributed by atoms with van der Waals surface area (Å²) in [7, 11) is 1.72. The number of nitrogens with one attached hydrogen (secondary N) is 1. The van der Waals surface area contributed by atoms with Crippen LogP contribution in [0.25, 0.3) is 0 Å². The van der Waals surface area contributed by atoms with Gasteiger partial charge in [-0.15, -0.1) is 0 Å². The van der Waals surface area contributed by atoms with Crippen molar-refractivity contribution in [2.75, 3.05) is 26.9 Å². The van der Waals surface area contributed by atoms with Crippen molar-refractivity contribution in [3.8, 4) is 0 Å². The van der Waals surface area contributed by atoms with Crippen LogP contribution in [0.4, 0.5) is 4.79 Å². The zero-order valence-corrected chi connectivity index (χ0v) is 12.9. The summed E-state index contributed by atoms with van der Waals surface area (Å²) in [6, 6.07) is 3.99. The molecule has 2 amide bonds. The van der Waals surface area contributed by atoms with Crippen LogP contribution in [0.5, 0.6) is 0 Å². The van der Waals surface area contributed by atoms with Crippen LogP contribution in [0.15, 0.2) is 24.5 Å². The van der Waals surface area contributed by atoms with Gasteiger partial charge < -0.3 is 19.7 Å². The van der Waals surface area contributed by atoms with Gasteiger partial charge in [-0.3, -0.25) is 4.98 Å². The first kappa shape index (κ1) is 15.2. The number of morpholine rings is 1. The molecule has 1 saturated carbocycles.